The second kappa shape index (κ2) is 8.14. The monoisotopic (exact) mass is 433 g/mol. The van der Waals surface area contributed by atoms with E-state index < -0.39 is 10.0 Å². The van der Waals surface area contributed by atoms with Crippen LogP contribution in [0.2, 0.25) is 5.02 Å². The van der Waals surface area contributed by atoms with E-state index in [1.807, 2.05) is 12.1 Å². The van der Waals surface area contributed by atoms with Crippen LogP contribution < -0.4 is 9.46 Å². The Hall–Kier alpha value is -2.42. The molecule has 0 fully saturated rings. The fourth-order valence-corrected chi connectivity index (χ4v) is 4.82. The van der Waals surface area contributed by atoms with Crippen LogP contribution in [0.15, 0.2) is 45.8 Å². The summed E-state index contributed by atoms with van der Waals surface area (Å²) in [4.78, 5) is 4.35. The van der Waals surface area contributed by atoms with Gasteiger partial charge in [-0.15, -0.1) is 0 Å². The van der Waals surface area contributed by atoms with Crippen molar-refractivity contribution in [2.75, 3.05) is 7.11 Å². The first-order chi connectivity index (χ1) is 14.0. The number of nitrogens with one attached hydrogen (secondary N) is 1. The average molecular weight is 434 g/mol. The molecule has 0 saturated carbocycles. The Morgan fingerprint density at radius 3 is 2.62 bits per heavy atom. The highest BCUT2D eigenvalue weighted by Crippen LogP contribution is 2.32. The van der Waals surface area contributed by atoms with E-state index in [1.54, 1.807) is 24.3 Å². The molecule has 29 heavy (non-hydrogen) atoms. The van der Waals surface area contributed by atoms with Crippen LogP contribution in [-0.4, -0.2) is 25.7 Å². The lowest BCUT2D eigenvalue weighted by atomic mass is 9.92. The van der Waals surface area contributed by atoms with E-state index >= 15 is 0 Å². The Morgan fingerprint density at radius 1 is 1.17 bits per heavy atom. The zero-order valence-corrected chi connectivity index (χ0v) is 17.4. The lowest BCUT2D eigenvalue weighted by Gasteiger charge is -2.19. The van der Waals surface area contributed by atoms with E-state index in [4.69, 9.17) is 20.9 Å². The number of ether oxygens (including phenoxy) is 1. The summed E-state index contributed by atoms with van der Waals surface area (Å²) in [6.07, 6.45) is 3.96. The number of hydrogen-bond acceptors (Lipinski definition) is 6. The SMILES string of the molecule is COc1cc2c(cc1S(=O)(=O)NCc1nc(-c3ccccc3Cl)no1)CCCC2. The van der Waals surface area contributed by atoms with Crippen LogP contribution in [0, 0.1) is 0 Å². The lowest BCUT2D eigenvalue weighted by Crippen LogP contribution is -2.24. The van der Waals surface area contributed by atoms with Crippen molar-refractivity contribution in [3.05, 3.63) is 58.4 Å². The first kappa shape index (κ1) is 19.9. The van der Waals surface area contributed by atoms with Crippen molar-refractivity contribution < 1.29 is 17.7 Å². The number of benzene rings is 2. The summed E-state index contributed by atoms with van der Waals surface area (Å²) in [6.45, 7) is -0.139. The van der Waals surface area contributed by atoms with Gasteiger partial charge in [0.05, 0.1) is 18.7 Å². The second-order valence-corrected chi connectivity index (χ2v) is 8.94. The van der Waals surface area contributed by atoms with Gasteiger partial charge in [-0.1, -0.05) is 28.9 Å². The zero-order valence-electron chi connectivity index (χ0n) is 15.8. The zero-order chi connectivity index (χ0) is 20.4. The number of halogens is 1. The highest BCUT2D eigenvalue weighted by molar-refractivity contribution is 7.89. The van der Waals surface area contributed by atoms with Gasteiger partial charge in [0, 0.05) is 5.56 Å². The van der Waals surface area contributed by atoms with Gasteiger partial charge in [-0.25, -0.2) is 13.1 Å². The topological polar surface area (TPSA) is 94.3 Å². The smallest absolute Gasteiger partial charge is 0.244 e. The van der Waals surface area contributed by atoms with Crippen LogP contribution in [0.1, 0.15) is 29.9 Å². The van der Waals surface area contributed by atoms with Crippen molar-refractivity contribution in [1.29, 1.82) is 0 Å². The highest BCUT2D eigenvalue weighted by atomic mass is 35.5. The molecule has 1 aromatic heterocycles. The molecule has 1 N–H and O–H groups in total. The minimum atomic E-state index is -3.83. The van der Waals surface area contributed by atoms with Crippen LogP contribution in [0.5, 0.6) is 5.75 Å². The standard InChI is InChI=1S/C20H20ClN3O4S/c1-27-17-10-13-6-2-3-7-14(13)11-18(17)29(25,26)22-12-19-23-20(24-28-19)15-8-4-5-9-16(15)21/h4-5,8-11,22H,2-3,6-7,12H2,1H3. The van der Waals surface area contributed by atoms with Crippen LogP contribution in [0.25, 0.3) is 11.4 Å². The number of aryl methyl sites for hydroxylation is 2. The Kier molecular flexibility index (Phi) is 5.58. The van der Waals surface area contributed by atoms with Crippen molar-refractivity contribution in [3.8, 4) is 17.1 Å². The summed E-state index contributed by atoms with van der Waals surface area (Å²) >= 11 is 6.14. The minimum Gasteiger partial charge on any atom is -0.495 e. The molecule has 0 radical (unpaired) electrons. The van der Waals surface area contributed by atoms with Crippen LogP contribution >= 0.6 is 11.6 Å². The van der Waals surface area contributed by atoms with Crippen LogP contribution in [-0.2, 0) is 29.4 Å². The third-order valence-corrected chi connectivity index (χ3v) is 6.67. The van der Waals surface area contributed by atoms with Crippen molar-refractivity contribution in [2.24, 2.45) is 0 Å². The molecule has 3 aromatic rings. The maximum Gasteiger partial charge on any atom is 0.244 e. The summed E-state index contributed by atoms with van der Waals surface area (Å²) in [5.41, 5.74) is 2.81. The lowest BCUT2D eigenvalue weighted by molar-refractivity contribution is 0.375. The van der Waals surface area contributed by atoms with Gasteiger partial charge < -0.3 is 9.26 Å². The van der Waals surface area contributed by atoms with Crippen molar-refractivity contribution >= 4 is 21.6 Å². The molecule has 1 heterocycles. The molecule has 2 aromatic carbocycles. The van der Waals surface area contributed by atoms with Crippen LogP contribution in [0.3, 0.4) is 0 Å². The van der Waals surface area contributed by atoms with Gasteiger partial charge in [-0.2, -0.15) is 4.98 Å². The first-order valence-electron chi connectivity index (χ1n) is 9.25. The molecule has 0 amide bonds. The number of sulfonamides is 1. The molecule has 0 atom stereocenters. The summed E-state index contributed by atoms with van der Waals surface area (Å²) in [5.74, 6) is 0.775. The maximum absolute atomic E-state index is 12.9. The van der Waals surface area contributed by atoms with Gasteiger partial charge in [0.2, 0.25) is 21.7 Å². The molecule has 0 bridgehead atoms. The molecular formula is C20H20ClN3O4S. The molecule has 1 aliphatic rings. The number of hydrogen-bond donors (Lipinski definition) is 1. The molecule has 0 spiro atoms. The minimum absolute atomic E-state index is 0.117. The molecule has 7 nitrogen and oxygen atoms in total. The summed E-state index contributed by atoms with van der Waals surface area (Å²) in [6, 6.07) is 10.6. The molecule has 9 heteroatoms. The van der Waals surface area contributed by atoms with E-state index in [9.17, 15) is 8.42 Å². The van der Waals surface area contributed by atoms with E-state index in [2.05, 4.69) is 14.9 Å². The summed E-state index contributed by atoms with van der Waals surface area (Å²) in [7, 11) is -2.36. The quantitative estimate of drug-likeness (QED) is 0.636. The Labute approximate surface area is 174 Å². The Morgan fingerprint density at radius 2 is 1.90 bits per heavy atom. The third kappa shape index (κ3) is 4.14. The van der Waals surface area contributed by atoms with Gasteiger partial charge in [-0.05, 0) is 61.1 Å². The van der Waals surface area contributed by atoms with E-state index in [-0.39, 0.29) is 17.3 Å². The molecule has 0 saturated heterocycles. The normalized spacial score (nSPS) is 13.9. The van der Waals surface area contributed by atoms with Crippen LogP contribution in [0.4, 0.5) is 0 Å². The number of fused-ring (bicyclic) bond motifs is 1. The predicted molar refractivity (Wildman–Crippen MR) is 108 cm³/mol. The van der Waals surface area contributed by atoms with Gasteiger partial charge >= 0.3 is 0 Å². The van der Waals surface area contributed by atoms with E-state index in [1.165, 1.54) is 7.11 Å². The van der Waals surface area contributed by atoms with Gasteiger partial charge in [0.1, 0.15) is 10.6 Å². The van der Waals surface area contributed by atoms with Crippen molar-refractivity contribution in [2.45, 2.75) is 37.1 Å². The Bertz CT molecular complexity index is 1140. The molecule has 4 rings (SSSR count). The Balaban J connectivity index is 1.55. The second-order valence-electron chi connectivity index (χ2n) is 6.80. The summed E-state index contributed by atoms with van der Waals surface area (Å²) < 4.78 is 38.8. The number of methoxy groups -OCH3 is 1. The first-order valence-corrected chi connectivity index (χ1v) is 11.1. The number of rotatable bonds is 6. The van der Waals surface area contributed by atoms with Crippen molar-refractivity contribution in [1.82, 2.24) is 14.9 Å². The highest BCUT2D eigenvalue weighted by Gasteiger charge is 2.24. The van der Waals surface area contributed by atoms with Gasteiger partial charge in [-0.3, -0.25) is 0 Å². The summed E-state index contributed by atoms with van der Waals surface area (Å²) in [5, 5.41) is 4.37. The number of nitrogens with zero attached hydrogens (tertiary/aromatic N) is 2. The number of aromatic nitrogens is 2. The molecule has 152 valence electrons. The third-order valence-electron chi connectivity index (χ3n) is 4.91. The fraction of sp³-hybridized carbons (Fsp3) is 0.300. The molecule has 1 aliphatic carbocycles. The average Bonchev–Trinajstić information content (AvgIpc) is 3.20. The van der Waals surface area contributed by atoms with Gasteiger partial charge in [0.25, 0.3) is 0 Å². The predicted octanol–water partition coefficient (Wildman–Crippen LogP) is 3.76. The fourth-order valence-electron chi connectivity index (χ4n) is 3.42. The maximum atomic E-state index is 12.9. The largest absolute Gasteiger partial charge is 0.495 e. The molecular weight excluding hydrogens is 414 g/mol. The molecule has 0 aliphatic heterocycles. The van der Waals surface area contributed by atoms with Crippen molar-refractivity contribution in [3.63, 3.8) is 0 Å². The van der Waals surface area contributed by atoms with E-state index in [0.29, 0.717) is 22.2 Å². The van der Waals surface area contributed by atoms with E-state index in [0.717, 1.165) is 36.8 Å². The molecule has 0 unspecified atom stereocenters. The van der Waals surface area contributed by atoms with Gasteiger partial charge in [0.15, 0.2) is 0 Å².